The van der Waals surface area contributed by atoms with Crippen LogP contribution in [0.15, 0.2) is 53.3 Å². The molecule has 0 aliphatic rings. The molecule has 6 nitrogen and oxygen atoms in total. The van der Waals surface area contributed by atoms with Crippen molar-refractivity contribution in [3.05, 3.63) is 74.6 Å². The molecule has 0 radical (unpaired) electrons. The van der Waals surface area contributed by atoms with E-state index in [0.717, 1.165) is 5.56 Å². The molecule has 0 saturated heterocycles. The van der Waals surface area contributed by atoms with E-state index >= 15 is 0 Å². The van der Waals surface area contributed by atoms with Crippen molar-refractivity contribution in [3.8, 4) is 11.4 Å². The molecule has 0 fully saturated rings. The Kier molecular flexibility index (Phi) is 5.03. The first-order chi connectivity index (χ1) is 12.0. The summed E-state index contributed by atoms with van der Waals surface area (Å²) >= 11 is 12.5. The van der Waals surface area contributed by atoms with Crippen molar-refractivity contribution >= 4 is 29.2 Å². The second-order valence-corrected chi connectivity index (χ2v) is 6.21. The Bertz CT molecular complexity index is 939. The second-order valence-electron chi connectivity index (χ2n) is 5.40. The van der Waals surface area contributed by atoms with Crippen molar-refractivity contribution in [1.82, 2.24) is 14.5 Å². The van der Waals surface area contributed by atoms with Crippen LogP contribution in [0.4, 0.5) is 5.95 Å². The quantitative estimate of drug-likeness (QED) is 0.560. The van der Waals surface area contributed by atoms with Gasteiger partial charge in [-0.2, -0.15) is 9.97 Å². The number of hydrogen-bond acceptors (Lipinski definition) is 5. The molecule has 0 spiro atoms. The zero-order valence-corrected chi connectivity index (χ0v) is 14.9. The number of hydrazine groups is 1. The SMILES string of the molecule is Cn1c(-c2c(Cl)cccc2Cl)nc(N(N)Cc2ccccc2)nc1=O. The standard InChI is InChI=1S/C17H15Cl2N5O/c1-23-15(14-12(18)8-5-9-13(14)19)21-16(22-17(23)25)24(20)10-11-6-3-2-4-7-11/h2-9H,10,20H2,1H3. The first kappa shape index (κ1) is 17.4. The Morgan fingerprint density at radius 2 is 1.68 bits per heavy atom. The maximum absolute atomic E-state index is 12.3. The molecule has 8 heteroatoms. The third-order valence-corrected chi connectivity index (χ3v) is 4.28. The Labute approximate surface area is 154 Å². The molecule has 0 amide bonds. The van der Waals surface area contributed by atoms with E-state index < -0.39 is 5.69 Å². The van der Waals surface area contributed by atoms with Crippen molar-refractivity contribution in [3.63, 3.8) is 0 Å². The normalized spacial score (nSPS) is 10.7. The van der Waals surface area contributed by atoms with Gasteiger partial charge in [0, 0.05) is 7.05 Å². The van der Waals surface area contributed by atoms with Crippen LogP contribution >= 0.6 is 23.2 Å². The number of aromatic nitrogens is 3. The van der Waals surface area contributed by atoms with Gasteiger partial charge in [-0.05, 0) is 17.7 Å². The van der Waals surface area contributed by atoms with Gasteiger partial charge in [0.15, 0.2) is 5.82 Å². The van der Waals surface area contributed by atoms with Gasteiger partial charge in [-0.1, -0.05) is 59.6 Å². The van der Waals surface area contributed by atoms with Crippen molar-refractivity contribution < 1.29 is 0 Å². The average molecular weight is 376 g/mol. The fourth-order valence-corrected chi connectivity index (χ4v) is 2.93. The summed E-state index contributed by atoms with van der Waals surface area (Å²) in [6.07, 6.45) is 0. The second kappa shape index (κ2) is 7.23. The number of benzene rings is 2. The summed E-state index contributed by atoms with van der Waals surface area (Å²) in [7, 11) is 1.55. The summed E-state index contributed by atoms with van der Waals surface area (Å²) in [6, 6.07) is 14.7. The van der Waals surface area contributed by atoms with Gasteiger partial charge >= 0.3 is 5.69 Å². The van der Waals surface area contributed by atoms with Gasteiger partial charge in [-0.15, -0.1) is 0 Å². The molecule has 0 unspecified atom stereocenters. The lowest BCUT2D eigenvalue weighted by Crippen LogP contribution is -2.35. The van der Waals surface area contributed by atoms with Gasteiger partial charge in [0.2, 0.25) is 5.95 Å². The molecule has 1 aromatic heterocycles. The lowest BCUT2D eigenvalue weighted by molar-refractivity contribution is 0.736. The van der Waals surface area contributed by atoms with Gasteiger partial charge in [0.25, 0.3) is 0 Å². The Morgan fingerprint density at radius 3 is 2.32 bits per heavy atom. The van der Waals surface area contributed by atoms with Gasteiger partial charge in [0.1, 0.15) is 0 Å². The molecule has 25 heavy (non-hydrogen) atoms. The van der Waals surface area contributed by atoms with E-state index in [9.17, 15) is 4.79 Å². The van der Waals surface area contributed by atoms with Crippen LogP contribution in [0.1, 0.15) is 5.56 Å². The number of anilines is 1. The number of nitrogens with zero attached hydrogens (tertiary/aromatic N) is 4. The van der Waals surface area contributed by atoms with E-state index in [1.54, 1.807) is 25.2 Å². The molecule has 0 saturated carbocycles. The van der Waals surface area contributed by atoms with E-state index in [2.05, 4.69) is 9.97 Å². The van der Waals surface area contributed by atoms with Crippen molar-refractivity contribution in [2.24, 2.45) is 12.9 Å². The number of hydrogen-bond donors (Lipinski definition) is 1. The molecular formula is C17H15Cl2N5O. The first-order valence-corrected chi connectivity index (χ1v) is 8.18. The lowest BCUT2D eigenvalue weighted by Gasteiger charge is -2.18. The van der Waals surface area contributed by atoms with Crippen molar-refractivity contribution in [2.45, 2.75) is 6.54 Å². The highest BCUT2D eigenvalue weighted by molar-refractivity contribution is 6.39. The smallest absolute Gasteiger partial charge is 0.279 e. The van der Waals surface area contributed by atoms with Crippen LogP contribution in [0.2, 0.25) is 10.0 Å². The molecule has 3 rings (SSSR count). The number of nitrogens with two attached hydrogens (primary N) is 1. The van der Waals surface area contributed by atoms with Crippen molar-refractivity contribution in [2.75, 3.05) is 5.01 Å². The highest BCUT2D eigenvalue weighted by Crippen LogP contribution is 2.33. The van der Waals surface area contributed by atoms with Crippen LogP contribution in [0.5, 0.6) is 0 Å². The fourth-order valence-electron chi connectivity index (χ4n) is 2.36. The third kappa shape index (κ3) is 3.66. The highest BCUT2D eigenvalue weighted by Gasteiger charge is 2.17. The average Bonchev–Trinajstić information content (AvgIpc) is 2.59. The Hall–Kier alpha value is -2.41. The Morgan fingerprint density at radius 1 is 1.04 bits per heavy atom. The molecule has 0 bridgehead atoms. The minimum Gasteiger partial charge on any atom is -0.279 e. The van der Waals surface area contributed by atoms with E-state index in [0.29, 0.717) is 28.0 Å². The zero-order valence-electron chi connectivity index (χ0n) is 13.4. The first-order valence-electron chi connectivity index (χ1n) is 7.43. The number of rotatable bonds is 4. The van der Waals surface area contributed by atoms with Crippen LogP contribution in [-0.2, 0) is 13.6 Å². The van der Waals surface area contributed by atoms with E-state index in [4.69, 9.17) is 29.0 Å². The van der Waals surface area contributed by atoms with Crippen LogP contribution in [0.3, 0.4) is 0 Å². The van der Waals surface area contributed by atoms with Gasteiger partial charge < -0.3 is 0 Å². The molecule has 3 aromatic rings. The Balaban J connectivity index is 2.06. The summed E-state index contributed by atoms with van der Waals surface area (Å²) in [5.41, 5.74) is 0.924. The predicted molar refractivity (Wildman–Crippen MR) is 99.5 cm³/mol. The minimum absolute atomic E-state index is 0.0953. The molecule has 128 valence electrons. The highest BCUT2D eigenvalue weighted by atomic mass is 35.5. The summed E-state index contributed by atoms with van der Waals surface area (Å²) in [5, 5.41) is 2.09. The third-order valence-electron chi connectivity index (χ3n) is 3.65. The molecule has 0 aliphatic carbocycles. The maximum Gasteiger partial charge on any atom is 0.352 e. The molecule has 2 aromatic carbocycles. The van der Waals surface area contributed by atoms with Crippen LogP contribution < -0.4 is 16.5 Å². The summed E-state index contributed by atoms with van der Waals surface area (Å²) < 4.78 is 1.28. The minimum atomic E-state index is -0.500. The van der Waals surface area contributed by atoms with Gasteiger partial charge in [-0.3, -0.25) is 9.58 Å². The largest absolute Gasteiger partial charge is 0.352 e. The molecule has 1 heterocycles. The van der Waals surface area contributed by atoms with Crippen LogP contribution in [0.25, 0.3) is 11.4 Å². The van der Waals surface area contributed by atoms with E-state index in [1.165, 1.54) is 9.58 Å². The zero-order chi connectivity index (χ0) is 18.0. The topological polar surface area (TPSA) is 77.0 Å². The monoisotopic (exact) mass is 375 g/mol. The van der Waals surface area contributed by atoms with E-state index in [1.807, 2.05) is 30.3 Å². The summed E-state index contributed by atoms with van der Waals surface area (Å²) in [4.78, 5) is 20.6. The van der Waals surface area contributed by atoms with Gasteiger partial charge in [0.05, 0.1) is 22.2 Å². The molecular weight excluding hydrogens is 361 g/mol. The fraction of sp³-hybridized carbons (Fsp3) is 0.118. The summed E-state index contributed by atoms with van der Waals surface area (Å²) in [6.45, 7) is 0.351. The van der Waals surface area contributed by atoms with Crippen molar-refractivity contribution in [1.29, 1.82) is 0 Å². The maximum atomic E-state index is 12.3. The molecule has 0 atom stereocenters. The predicted octanol–water partition coefficient (Wildman–Crippen LogP) is 3.03. The van der Waals surface area contributed by atoms with E-state index in [-0.39, 0.29) is 5.95 Å². The van der Waals surface area contributed by atoms with Crippen LogP contribution in [-0.4, -0.2) is 14.5 Å². The lowest BCUT2D eigenvalue weighted by atomic mass is 10.2. The summed E-state index contributed by atoms with van der Waals surface area (Å²) in [5.74, 6) is 6.46. The number of halogens is 2. The molecule has 2 N–H and O–H groups in total. The molecule has 0 aliphatic heterocycles. The van der Waals surface area contributed by atoms with Gasteiger partial charge in [-0.25, -0.2) is 10.6 Å². The van der Waals surface area contributed by atoms with Crippen LogP contribution in [0, 0.1) is 0 Å².